The fraction of sp³-hybridized carbons (Fsp3) is 0.429. The Morgan fingerprint density at radius 3 is 2.76 bits per heavy atom. The van der Waals surface area contributed by atoms with E-state index < -0.39 is 0 Å². The number of halogens is 2. The van der Waals surface area contributed by atoms with Crippen molar-refractivity contribution in [3.8, 4) is 0 Å². The number of hydrogen-bond donors (Lipinski definition) is 1. The van der Waals surface area contributed by atoms with Crippen LogP contribution in [0.25, 0.3) is 0 Å². The van der Waals surface area contributed by atoms with E-state index in [2.05, 4.69) is 0 Å². The molecule has 1 unspecified atom stereocenters. The average molecular weight is 328 g/mol. The molecule has 0 aromatic heterocycles. The van der Waals surface area contributed by atoms with Crippen LogP contribution >= 0.6 is 23.2 Å². The number of nitrogen functional groups attached to an aromatic ring is 1. The van der Waals surface area contributed by atoms with Crippen LogP contribution in [-0.4, -0.2) is 47.3 Å². The third-order valence-corrected chi connectivity index (χ3v) is 4.90. The third-order valence-electron chi connectivity index (χ3n) is 4.09. The molecule has 2 aliphatic heterocycles. The number of nitrogens with two attached hydrogens (primary N) is 1. The minimum absolute atomic E-state index is 0.126. The number of hydrogen-bond acceptors (Lipinski definition) is 3. The van der Waals surface area contributed by atoms with Gasteiger partial charge in [0.15, 0.2) is 0 Å². The van der Waals surface area contributed by atoms with Crippen molar-refractivity contribution in [1.82, 2.24) is 9.80 Å². The number of carbonyl (C=O) groups is 2. The Morgan fingerprint density at radius 1 is 1.29 bits per heavy atom. The number of anilines is 1. The molecule has 2 N–H and O–H groups in total. The maximum atomic E-state index is 12.6. The van der Waals surface area contributed by atoms with Gasteiger partial charge in [0.2, 0.25) is 5.91 Å². The minimum Gasteiger partial charge on any atom is -0.397 e. The Morgan fingerprint density at radius 2 is 2.05 bits per heavy atom. The van der Waals surface area contributed by atoms with Gasteiger partial charge in [0, 0.05) is 37.7 Å². The second kappa shape index (κ2) is 5.39. The van der Waals surface area contributed by atoms with Crippen LogP contribution in [-0.2, 0) is 4.79 Å². The quantitative estimate of drug-likeness (QED) is 0.802. The van der Waals surface area contributed by atoms with Crippen LogP contribution in [0, 0.1) is 0 Å². The summed E-state index contributed by atoms with van der Waals surface area (Å²) in [4.78, 5) is 27.8. The first-order chi connectivity index (χ1) is 9.97. The van der Waals surface area contributed by atoms with E-state index in [1.54, 1.807) is 11.0 Å². The van der Waals surface area contributed by atoms with Gasteiger partial charge in [-0.15, -0.1) is 0 Å². The lowest BCUT2D eigenvalue weighted by Gasteiger charge is -2.37. The number of amides is 2. The molecule has 2 saturated heterocycles. The predicted octanol–water partition coefficient (Wildman–Crippen LogP) is 2.02. The largest absolute Gasteiger partial charge is 0.397 e. The molecule has 0 spiro atoms. The van der Waals surface area contributed by atoms with Gasteiger partial charge in [-0.1, -0.05) is 23.2 Å². The zero-order valence-corrected chi connectivity index (χ0v) is 12.8. The summed E-state index contributed by atoms with van der Waals surface area (Å²) in [5.74, 6) is 0.0603. The van der Waals surface area contributed by atoms with Crippen molar-refractivity contribution < 1.29 is 9.59 Å². The van der Waals surface area contributed by atoms with Crippen molar-refractivity contribution in [2.45, 2.75) is 18.9 Å². The summed E-state index contributed by atoms with van der Waals surface area (Å²) < 4.78 is 0. The van der Waals surface area contributed by atoms with Gasteiger partial charge in [0.05, 0.1) is 15.7 Å². The molecule has 1 aromatic rings. The first-order valence-corrected chi connectivity index (χ1v) is 7.56. The van der Waals surface area contributed by atoms with E-state index in [0.717, 1.165) is 6.42 Å². The van der Waals surface area contributed by atoms with Gasteiger partial charge in [-0.3, -0.25) is 9.59 Å². The number of rotatable bonds is 1. The van der Waals surface area contributed by atoms with Crippen molar-refractivity contribution in [1.29, 1.82) is 0 Å². The lowest BCUT2D eigenvalue weighted by molar-refractivity contribution is -0.130. The van der Waals surface area contributed by atoms with Crippen molar-refractivity contribution in [2.24, 2.45) is 0 Å². The second-order valence-electron chi connectivity index (χ2n) is 5.39. The van der Waals surface area contributed by atoms with Gasteiger partial charge in [0.25, 0.3) is 5.91 Å². The average Bonchev–Trinajstić information content (AvgIpc) is 2.84. The molecular formula is C14H15Cl2N3O2. The molecule has 0 aliphatic carbocycles. The van der Waals surface area contributed by atoms with E-state index in [1.165, 1.54) is 6.07 Å². The smallest absolute Gasteiger partial charge is 0.254 e. The van der Waals surface area contributed by atoms with Gasteiger partial charge in [0.1, 0.15) is 0 Å². The van der Waals surface area contributed by atoms with Crippen molar-refractivity contribution in [3.05, 3.63) is 27.7 Å². The highest BCUT2D eigenvalue weighted by molar-refractivity contribution is 6.43. The molecule has 21 heavy (non-hydrogen) atoms. The van der Waals surface area contributed by atoms with E-state index >= 15 is 0 Å². The summed E-state index contributed by atoms with van der Waals surface area (Å²) >= 11 is 11.9. The Balaban J connectivity index is 1.79. The first kappa shape index (κ1) is 14.5. The van der Waals surface area contributed by atoms with E-state index in [9.17, 15) is 9.59 Å². The predicted molar refractivity (Wildman–Crippen MR) is 81.5 cm³/mol. The molecule has 7 heteroatoms. The van der Waals surface area contributed by atoms with Crippen LogP contribution in [0.4, 0.5) is 5.69 Å². The van der Waals surface area contributed by atoms with E-state index in [-0.39, 0.29) is 27.9 Å². The normalized spacial score (nSPS) is 21.6. The summed E-state index contributed by atoms with van der Waals surface area (Å²) in [6.45, 7) is 1.68. The van der Waals surface area contributed by atoms with Crippen molar-refractivity contribution in [2.75, 3.05) is 25.4 Å². The zero-order valence-electron chi connectivity index (χ0n) is 11.3. The van der Waals surface area contributed by atoms with Crippen LogP contribution in [0.1, 0.15) is 23.2 Å². The van der Waals surface area contributed by atoms with Gasteiger partial charge in [-0.2, -0.15) is 0 Å². The zero-order chi connectivity index (χ0) is 15.1. The molecule has 5 nitrogen and oxygen atoms in total. The first-order valence-electron chi connectivity index (χ1n) is 6.80. The Kier molecular flexibility index (Phi) is 3.71. The number of fused-ring (bicyclic) bond motifs is 1. The molecule has 2 amide bonds. The maximum Gasteiger partial charge on any atom is 0.254 e. The van der Waals surface area contributed by atoms with Crippen LogP contribution < -0.4 is 5.73 Å². The lowest BCUT2D eigenvalue weighted by atomic mass is 10.1. The lowest BCUT2D eigenvalue weighted by Crippen LogP contribution is -2.53. The highest BCUT2D eigenvalue weighted by Gasteiger charge is 2.37. The molecule has 1 aromatic carbocycles. The van der Waals surface area contributed by atoms with Crippen molar-refractivity contribution in [3.63, 3.8) is 0 Å². The summed E-state index contributed by atoms with van der Waals surface area (Å²) in [5, 5.41) is 0.536. The van der Waals surface area contributed by atoms with Crippen LogP contribution in [0.3, 0.4) is 0 Å². The number of carbonyl (C=O) groups excluding carboxylic acids is 2. The minimum atomic E-state index is -0.126. The Labute approximate surface area is 132 Å². The molecule has 2 heterocycles. The van der Waals surface area contributed by atoms with E-state index in [4.69, 9.17) is 28.9 Å². The topological polar surface area (TPSA) is 66.6 Å². The van der Waals surface area contributed by atoms with Gasteiger partial charge >= 0.3 is 0 Å². The molecule has 0 radical (unpaired) electrons. The number of piperazine rings is 1. The molecule has 112 valence electrons. The van der Waals surface area contributed by atoms with Crippen LogP contribution in [0.5, 0.6) is 0 Å². The molecule has 2 fully saturated rings. The fourth-order valence-corrected chi connectivity index (χ4v) is 3.30. The summed E-state index contributed by atoms with van der Waals surface area (Å²) in [5.41, 5.74) is 6.48. The summed E-state index contributed by atoms with van der Waals surface area (Å²) in [6.07, 6.45) is 1.39. The molecular weight excluding hydrogens is 313 g/mol. The highest BCUT2D eigenvalue weighted by Crippen LogP contribution is 2.30. The van der Waals surface area contributed by atoms with Crippen LogP contribution in [0.15, 0.2) is 12.1 Å². The molecule has 3 rings (SSSR count). The van der Waals surface area contributed by atoms with Gasteiger partial charge in [-0.05, 0) is 18.6 Å². The van der Waals surface area contributed by atoms with Gasteiger partial charge in [-0.25, -0.2) is 0 Å². The van der Waals surface area contributed by atoms with E-state index in [1.807, 2.05) is 4.90 Å². The third kappa shape index (κ3) is 2.56. The van der Waals surface area contributed by atoms with Gasteiger partial charge < -0.3 is 15.5 Å². The highest BCUT2D eigenvalue weighted by atomic mass is 35.5. The summed E-state index contributed by atoms with van der Waals surface area (Å²) in [7, 11) is 0. The maximum absolute atomic E-state index is 12.6. The number of benzene rings is 1. The molecule has 0 saturated carbocycles. The fourth-order valence-electron chi connectivity index (χ4n) is 2.97. The van der Waals surface area contributed by atoms with Crippen LogP contribution in [0.2, 0.25) is 10.0 Å². The molecule has 0 bridgehead atoms. The number of nitrogens with zero attached hydrogens (tertiary/aromatic N) is 2. The summed E-state index contributed by atoms with van der Waals surface area (Å²) in [6, 6.07) is 3.22. The molecule has 1 atom stereocenters. The second-order valence-corrected chi connectivity index (χ2v) is 6.18. The standard InChI is InChI=1S/C14H15Cl2N3O2/c15-10-5-8(6-11(17)13(10)16)14(21)18-3-4-19-9(7-18)1-2-12(19)20/h5-6,9H,1-4,7,17H2. The molecule has 2 aliphatic rings. The van der Waals surface area contributed by atoms with Crippen molar-refractivity contribution >= 4 is 40.7 Å². The monoisotopic (exact) mass is 327 g/mol. The SMILES string of the molecule is Nc1cc(C(=O)N2CCN3C(=O)CCC3C2)cc(Cl)c1Cl. The van der Waals surface area contributed by atoms with E-state index in [0.29, 0.717) is 37.3 Å². The Bertz CT molecular complexity index is 597. The Hall–Kier alpha value is -1.46.